The van der Waals surface area contributed by atoms with Crippen molar-refractivity contribution in [2.75, 3.05) is 24.7 Å². The van der Waals surface area contributed by atoms with Gasteiger partial charge in [0, 0.05) is 32.4 Å². The molecule has 0 aliphatic rings. The van der Waals surface area contributed by atoms with E-state index in [1.807, 2.05) is 12.1 Å². The summed E-state index contributed by atoms with van der Waals surface area (Å²) in [7, 11) is 3.29. The van der Waals surface area contributed by atoms with Gasteiger partial charge in [0.05, 0.1) is 16.6 Å². The Morgan fingerprint density at radius 3 is 2.68 bits per heavy atom. The number of nitriles is 1. The van der Waals surface area contributed by atoms with E-state index >= 15 is 0 Å². The molecule has 2 rings (SSSR count). The van der Waals surface area contributed by atoms with Crippen LogP contribution in [-0.4, -0.2) is 29.9 Å². The Bertz CT molecular complexity index is 842. The number of urea groups is 1. The van der Waals surface area contributed by atoms with E-state index in [4.69, 9.17) is 5.26 Å². The van der Waals surface area contributed by atoms with Crippen LogP contribution < -0.4 is 10.6 Å². The first-order valence-corrected chi connectivity index (χ1v) is 7.40. The normalized spacial score (nSPS) is 9.80. The molecule has 0 bridgehead atoms. The Balaban J connectivity index is 2.13. The van der Waals surface area contributed by atoms with E-state index in [1.54, 1.807) is 32.3 Å². The summed E-state index contributed by atoms with van der Waals surface area (Å²) in [6.45, 7) is 0.332. The minimum absolute atomic E-state index is 0.156. The second kappa shape index (κ2) is 7.79. The number of carbonyl (C=O) groups excluding carboxylic acids is 1. The lowest BCUT2D eigenvalue weighted by atomic mass is 10.1. The van der Waals surface area contributed by atoms with Gasteiger partial charge in [-0.1, -0.05) is 12.1 Å². The maximum Gasteiger partial charge on any atom is 0.321 e. The third-order valence-electron chi connectivity index (χ3n) is 3.39. The Kier molecular flexibility index (Phi) is 5.53. The van der Waals surface area contributed by atoms with Crippen molar-refractivity contribution in [2.45, 2.75) is 6.54 Å². The van der Waals surface area contributed by atoms with Gasteiger partial charge in [0.1, 0.15) is 5.69 Å². The van der Waals surface area contributed by atoms with Crippen LogP contribution in [-0.2, 0) is 6.54 Å². The van der Waals surface area contributed by atoms with Crippen LogP contribution in [0.2, 0.25) is 0 Å². The molecule has 0 aliphatic carbocycles. The molecular formula is C17H17N5O3. The number of nitro groups is 1. The predicted octanol–water partition coefficient (Wildman–Crippen LogP) is 3.17. The zero-order valence-corrected chi connectivity index (χ0v) is 13.8. The van der Waals surface area contributed by atoms with Gasteiger partial charge < -0.3 is 15.5 Å². The van der Waals surface area contributed by atoms with Crippen molar-refractivity contribution in [2.24, 2.45) is 0 Å². The van der Waals surface area contributed by atoms with Crippen LogP contribution in [0.15, 0.2) is 42.5 Å². The lowest BCUT2D eigenvalue weighted by Crippen LogP contribution is -2.27. The third kappa shape index (κ3) is 4.68. The Labute approximate surface area is 144 Å². The molecule has 0 aromatic heterocycles. The molecule has 0 fully saturated rings. The minimum atomic E-state index is -0.531. The van der Waals surface area contributed by atoms with Gasteiger partial charge in [-0.3, -0.25) is 10.1 Å². The van der Waals surface area contributed by atoms with Gasteiger partial charge in [-0.2, -0.15) is 5.26 Å². The molecule has 0 saturated heterocycles. The highest BCUT2D eigenvalue weighted by Crippen LogP contribution is 2.26. The van der Waals surface area contributed by atoms with E-state index < -0.39 is 4.92 Å². The van der Waals surface area contributed by atoms with Gasteiger partial charge in [0.25, 0.3) is 5.69 Å². The van der Waals surface area contributed by atoms with Crippen LogP contribution in [0.4, 0.5) is 21.9 Å². The number of hydrogen-bond acceptors (Lipinski definition) is 5. The molecule has 0 radical (unpaired) electrons. The summed E-state index contributed by atoms with van der Waals surface area (Å²) in [6.07, 6.45) is 0. The molecule has 2 N–H and O–H groups in total. The van der Waals surface area contributed by atoms with Crippen LogP contribution in [0.5, 0.6) is 0 Å². The molecule has 2 aromatic rings. The molecule has 0 atom stereocenters. The summed E-state index contributed by atoms with van der Waals surface area (Å²) in [4.78, 5) is 23.7. The summed E-state index contributed by atoms with van der Waals surface area (Å²) in [6, 6.07) is 13.1. The van der Waals surface area contributed by atoms with Crippen LogP contribution in [0, 0.1) is 21.4 Å². The topological polar surface area (TPSA) is 111 Å². The number of anilines is 2. The molecule has 25 heavy (non-hydrogen) atoms. The average molecular weight is 339 g/mol. The van der Waals surface area contributed by atoms with Crippen LogP contribution in [0.3, 0.4) is 0 Å². The zero-order valence-electron chi connectivity index (χ0n) is 13.8. The molecule has 8 heteroatoms. The second-order valence-corrected chi connectivity index (χ2v) is 5.48. The lowest BCUT2D eigenvalue weighted by Gasteiger charge is -2.13. The fourth-order valence-electron chi connectivity index (χ4n) is 2.09. The molecule has 0 spiro atoms. The highest BCUT2D eigenvalue weighted by Gasteiger charge is 2.14. The molecule has 0 aliphatic heterocycles. The predicted molar refractivity (Wildman–Crippen MR) is 94.3 cm³/mol. The van der Waals surface area contributed by atoms with Gasteiger partial charge in [0.2, 0.25) is 0 Å². The van der Waals surface area contributed by atoms with E-state index in [1.165, 1.54) is 23.1 Å². The van der Waals surface area contributed by atoms with E-state index in [0.29, 0.717) is 17.9 Å². The first-order chi connectivity index (χ1) is 11.9. The van der Waals surface area contributed by atoms with Crippen molar-refractivity contribution in [1.82, 2.24) is 4.90 Å². The van der Waals surface area contributed by atoms with Gasteiger partial charge in [-0.15, -0.1) is 0 Å². The van der Waals surface area contributed by atoms with Gasteiger partial charge in [-0.25, -0.2) is 4.79 Å². The van der Waals surface area contributed by atoms with Crippen LogP contribution in [0.25, 0.3) is 0 Å². The average Bonchev–Trinajstić information content (AvgIpc) is 2.60. The molecule has 0 heterocycles. The number of carbonyl (C=O) groups is 1. The summed E-state index contributed by atoms with van der Waals surface area (Å²) in [5.74, 6) is 0. The fraction of sp³-hybridized carbons (Fsp3) is 0.176. The van der Waals surface area contributed by atoms with Crippen molar-refractivity contribution >= 4 is 23.1 Å². The Hall–Kier alpha value is -3.60. The highest BCUT2D eigenvalue weighted by atomic mass is 16.6. The number of nitro benzene ring substituents is 1. The van der Waals surface area contributed by atoms with Crippen molar-refractivity contribution < 1.29 is 9.72 Å². The maximum atomic E-state index is 11.7. The van der Waals surface area contributed by atoms with E-state index in [9.17, 15) is 14.9 Å². The smallest absolute Gasteiger partial charge is 0.321 e. The summed E-state index contributed by atoms with van der Waals surface area (Å²) < 4.78 is 0. The number of nitrogens with one attached hydrogen (secondary N) is 2. The van der Waals surface area contributed by atoms with E-state index in [-0.39, 0.29) is 17.3 Å². The van der Waals surface area contributed by atoms with Crippen molar-refractivity contribution in [3.05, 3.63) is 63.7 Å². The molecule has 2 amide bonds. The van der Waals surface area contributed by atoms with Gasteiger partial charge in [-0.05, 0) is 29.8 Å². The zero-order chi connectivity index (χ0) is 18.4. The summed E-state index contributed by atoms with van der Waals surface area (Å²) in [5, 5.41) is 25.7. The first kappa shape index (κ1) is 17.7. The number of benzene rings is 2. The maximum absolute atomic E-state index is 11.7. The standard InChI is InChI=1S/C17H17N5O3/c1-21(2)17(23)20-14-5-3-4-13(8-14)11-19-15-7-6-12(10-18)9-16(15)22(24)25/h3-9,19H,11H2,1-2H3,(H,20,23). The van der Waals surface area contributed by atoms with Crippen molar-refractivity contribution in [3.8, 4) is 6.07 Å². The van der Waals surface area contributed by atoms with Crippen LogP contribution in [0.1, 0.15) is 11.1 Å². The van der Waals surface area contributed by atoms with E-state index in [0.717, 1.165) is 5.56 Å². The molecule has 0 saturated carbocycles. The second-order valence-electron chi connectivity index (χ2n) is 5.48. The minimum Gasteiger partial charge on any atom is -0.375 e. The molecular weight excluding hydrogens is 322 g/mol. The molecule has 0 unspecified atom stereocenters. The monoisotopic (exact) mass is 339 g/mol. The first-order valence-electron chi connectivity index (χ1n) is 7.40. The quantitative estimate of drug-likeness (QED) is 0.642. The number of hydrogen-bond donors (Lipinski definition) is 2. The SMILES string of the molecule is CN(C)C(=O)Nc1cccc(CNc2ccc(C#N)cc2[N+](=O)[O-])c1. The fourth-order valence-corrected chi connectivity index (χ4v) is 2.09. The molecule has 2 aromatic carbocycles. The Morgan fingerprint density at radius 1 is 1.28 bits per heavy atom. The lowest BCUT2D eigenvalue weighted by molar-refractivity contribution is -0.384. The van der Waals surface area contributed by atoms with Crippen molar-refractivity contribution in [3.63, 3.8) is 0 Å². The van der Waals surface area contributed by atoms with Crippen molar-refractivity contribution in [1.29, 1.82) is 5.26 Å². The summed E-state index contributed by atoms with van der Waals surface area (Å²) in [5.41, 5.74) is 1.87. The number of rotatable bonds is 5. The molecule has 128 valence electrons. The Morgan fingerprint density at radius 2 is 2.04 bits per heavy atom. The largest absolute Gasteiger partial charge is 0.375 e. The van der Waals surface area contributed by atoms with Gasteiger partial charge in [0.15, 0.2) is 0 Å². The third-order valence-corrected chi connectivity index (χ3v) is 3.39. The van der Waals surface area contributed by atoms with Gasteiger partial charge >= 0.3 is 6.03 Å². The van der Waals surface area contributed by atoms with Crippen LogP contribution >= 0.6 is 0 Å². The van der Waals surface area contributed by atoms with E-state index in [2.05, 4.69) is 10.6 Å². The number of nitrogens with zero attached hydrogens (tertiary/aromatic N) is 3. The number of amides is 2. The summed E-state index contributed by atoms with van der Waals surface area (Å²) >= 11 is 0. The molecule has 8 nitrogen and oxygen atoms in total. The highest BCUT2D eigenvalue weighted by molar-refractivity contribution is 5.89.